The fraction of sp³-hybridized carbons (Fsp3) is 0.286. The molecular formula is C21H20ClN3O. The van der Waals surface area contributed by atoms with Crippen LogP contribution < -0.4 is 5.56 Å². The third-order valence-corrected chi connectivity index (χ3v) is 5.21. The zero-order valence-corrected chi connectivity index (χ0v) is 15.6. The number of aryl methyl sites for hydroxylation is 1. The highest BCUT2D eigenvalue weighted by Gasteiger charge is 2.27. The lowest BCUT2D eigenvalue weighted by Crippen LogP contribution is -2.36. The van der Waals surface area contributed by atoms with Gasteiger partial charge in [-0.2, -0.15) is 0 Å². The van der Waals surface area contributed by atoms with E-state index < -0.39 is 0 Å². The van der Waals surface area contributed by atoms with Crippen LogP contribution in [0.5, 0.6) is 0 Å². The summed E-state index contributed by atoms with van der Waals surface area (Å²) in [4.78, 5) is 21.9. The van der Waals surface area contributed by atoms with Gasteiger partial charge in [0.15, 0.2) is 0 Å². The van der Waals surface area contributed by atoms with E-state index in [1.165, 1.54) is 0 Å². The molecule has 0 spiro atoms. The molecule has 5 heteroatoms. The summed E-state index contributed by atoms with van der Waals surface area (Å²) < 4.78 is 1.83. The van der Waals surface area contributed by atoms with E-state index in [0.717, 1.165) is 29.9 Å². The second kappa shape index (κ2) is 6.36. The summed E-state index contributed by atoms with van der Waals surface area (Å²) in [5.41, 5.74) is 2.48. The number of nitrogens with zero attached hydrogens (tertiary/aromatic N) is 3. The van der Waals surface area contributed by atoms with Gasteiger partial charge in [-0.25, -0.2) is 4.98 Å². The minimum Gasteiger partial charge on any atom is -0.296 e. The predicted molar refractivity (Wildman–Crippen MR) is 106 cm³/mol. The van der Waals surface area contributed by atoms with Gasteiger partial charge in [0.1, 0.15) is 5.82 Å². The Hall–Kier alpha value is -2.46. The van der Waals surface area contributed by atoms with Gasteiger partial charge in [-0.15, -0.1) is 0 Å². The second-order valence-electron chi connectivity index (χ2n) is 7.56. The summed E-state index contributed by atoms with van der Waals surface area (Å²) in [5.74, 6) is 0.865. The number of hydrogen-bond donors (Lipinski definition) is 0. The molecule has 4 rings (SSSR count). The first-order valence-corrected chi connectivity index (χ1v) is 9.13. The number of benzene rings is 1. The zero-order valence-electron chi connectivity index (χ0n) is 14.9. The van der Waals surface area contributed by atoms with E-state index in [1.54, 1.807) is 6.20 Å². The van der Waals surface area contributed by atoms with Crippen molar-refractivity contribution in [1.82, 2.24) is 14.5 Å². The van der Waals surface area contributed by atoms with Gasteiger partial charge in [0.25, 0.3) is 5.56 Å². The topological polar surface area (TPSA) is 47.8 Å². The predicted octanol–water partition coefficient (Wildman–Crippen LogP) is 4.50. The molecule has 1 aliphatic rings. The van der Waals surface area contributed by atoms with Gasteiger partial charge >= 0.3 is 0 Å². The van der Waals surface area contributed by atoms with Crippen molar-refractivity contribution >= 4 is 33.6 Å². The minimum absolute atomic E-state index is 0.0363. The van der Waals surface area contributed by atoms with Crippen LogP contribution >= 0.6 is 11.6 Å². The Labute approximate surface area is 157 Å². The lowest BCUT2D eigenvalue weighted by Gasteiger charge is -2.31. The van der Waals surface area contributed by atoms with Crippen LogP contribution in [0.25, 0.3) is 22.0 Å². The van der Waals surface area contributed by atoms with Crippen molar-refractivity contribution in [3.05, 3.63) is 70.0 Å². The molecule has 3 heterocycles. The van der Waals surface area contributed by atoms with Crippen molar-refractivity contribution in [2.75, 3.05) is 0 Å². The number of pyridine rings is 1. The fourth-order valence-electron chi connectivity index (χ4n) is 3.40. The van der Waals surface area contributed by atoms with Gasteiger partial charge in [-0.1, -0.05) is 37.6 Å². The van der Waals surface area contributed by atoms with Crippen LogP contribution in [-0.4, -0.2) is 14.5 Å². The van der Waals surface area contributed by atoms with Gasteiger partial charge in [0, 0.05) is 19.2 Å². The third kappa shape index (κ3) is 3.17. The molecule has 4 nitrogen and oxygen atoms in total. The Morgan fingerprint density at radius 2 is 2.12 bits per heavy atom. The first kappa shape index (κ1) is 17.0. The lowest BCUT2D eigenvalue weighted by molar-refractivity contribution is 0.240. The largest absolute Gasteiger partial charge is 0.296 e. The average molecular weight is 366 g/mol. The van der Waals surface area contributed by atoms with Crippen LogP contribution in [0, 0.1) is 5.41 Å². The molecule has 0 unspecified atom stereocenters. The molecule has 3 aromatic rings. The number of halogens is 1. The van der Waals surface area contributed by atoms with Crippen LogP contribution in [0.4, 0.5) is 0 Å². The average Bonchev–Trinajstić information content (AvgIpc) is 2.63. The molecule has 0 fully saturated rings. The van der Waals surface area contributed by atoms with Gasteiger partial charge in [-0.3, -0.25) is 14.3 Å². The van der Waals surface area contributed by atoms with Crippen LogP contribution in [0.3, 0.4) is 0 Å². The SMILES string of the molecule is CC1(C)CCc2nc3cc(/C(Cl)=C/c4ccccn4)ccc3c(=O)n2C1. The smallest absolute Gasteiger partial charge is 0.261 e. The number of aromatic nitrogens is 3. The van der Waals surface area contributed by atoms with E-state index in [9.17, 15) is 4.79 Å². The molecule has 1 aliphatic heterocycles. The van der Waals surface area contributed by atoms with Crippen molar-refractivity contribution < 1.29 is 0 Å². The van der Waals surface area contributed by atoms with Crippen molar-refractivity contribution in [3.8, 4) is 0 Å². The molecule has 0 aliphatic carbocycles. The van der Waals surface area contributed by atoms with Gasteiger partial charge < -0.3 is 0 Å². The molecular weight excluding hydrogens is 346 g/mol. The highest BCUT2D eigenvalue weighted by atomic mass is 35.5. The Morgan fingerprint density at radius 1 is 1.27 bits per heavy atom. The van der Waals surface area contributed by atoms with Crippen LogP contribution in [-0.2, 0) is 13.0 Å². The number of fused-ring (bicyclic) bond motifs is 2. The monoisotopic (exact) mass is 365 g/mol. The molecule has 0 bridgehead atoms. The standard InChI is InChI=1S/C21H20ClN3O/c1-21(2)9-8-19-24-18-11-14(6-7-16(18)20(26)25(19)13-21)17(22)12-15-5-3-4-10-23-15/h3-7,10-12H,8-9,13H2,1-2H3/b17-12-. The fourth-order valence-corrected chi connectivity index (χ4v) is 3.63. The summed E-state index contributed by atoms with van der Waals surface area (Å²) in [6, 6.07) is 11.3. The summed E-state index contributed by atoms with van der Waals surface area (Å²) in [5, 5.41) is 1.21. The summed E-state index contributed by atoms with van der Waals surface area (Å²) in [7, 11) is 0. The van der Waals surface area contributed by atoms with Crippen molar-refractivity contribution in [1.29, 1.82) is 0 Å². The second-order valence-corrected chi connectivity index (χ2v) is 7.97. The highest BCUT2D eigenvalue weighted by molar-refractivity contribution is 6.51. The van der Waals surface area contributed by atoms with Crippen LogP contribution in [0.2, 0.25) is 0 Å². The first-order chi connectivity index (χ1) is 12.4. The summed E-state index contributed by atoms with van der Waals surface area (Å²) in [6.45, 7) is 5.10. The van der Waals surface area contributed by atoms with Crippen molar-refractivity contribution in [2.45, 2.75) is 33.2 Å². The third-order valence-electron chi connectivity index (χ3n) is 4.88. The molecule has 26 heavy (non-hydrogen) atoms. The van der Waals surface area contributed by atoms with Crippen LogP contribution in [0.1, 0.15) is 37.4 Å². The quantitative estimate of drug-likeness (QED) is 0.671. The van der Waals surface area contributed by atoms with Gasteiger partial charge in [-0.05, 0) is 47.7 Å². The maximum atomic E-state index is 12.9. The Kier molecular flexibility index (Phi) is 4.16. The van der Waals surface area contributed by atoms with E-state index in [0.29, 0.717) is 22.5 Å². The number of rotatable bonds is 2. The lowest BCUT2D eigenvalue weighted by atomic mass is 9.85. The molecule has 1 aromatic carbocycles. The first-order valence-electron chi connectivity index (χ1n) is 8.75. The Balaban J connectivity index is 1.79. The van der Waals surface area contributed by atoms with Gasteiger partial charge in [0.2, 0.25) is 0 Å². The zero-order chi connectivity index (χ0) is 18.3. The molecule has 0 saturated carbocycles. The Bertz CT molecular complexity index is 1070. The molecule has 0 amide bonds. The molecule has 0 atom stereocenters. The van der Waals surface area contributed by atoms with Crippen molar-refractivity contribution in [3.63, 3.8) is 0 Å². The van der Waals surface area contributed by atoms with E-state index in [-0.39, 0.29) is 11.0 Å². The molecule has 0 radical (unpaired) electrons. The molecule has 132 valence electrons. The number of hydrogen-bond acceptors (Lipinski definition) is 3. The van der Waals surface area contributed by atoms with Crippen LogP contribution in [0.15, 0.2) is 47.4 Å². The van der Waals surface area contributed by atoms with E-state index in [1.807, 2.05) is 47.0 Å². The Morgan fingerprint density at radius 3 is 2.88 bits per heavy atom. The van der Waals surface area contributed by atoms with E-state index in [2.05, 4.69) is 18.8 Å². The summed E-state index contributed by atoms with van der Waals surface area (Å²) in [6.07, 6.45) is 5.40. The molecule has 0 saturated heterocycles. The van der Waals surface area contributed by atoms with Crippen molar-refractivity contribution in [2.24, 2.45) is 5.41 Å². The molecule has 0 N–H and O–H groups in total. The summed E-state index contributed by atoms with van der Waals surface area (Å²) >= 11 is 6.47. The highest BCUT2D eigenvalue weighted by Crippen LogP contribution is 2.30. The minimum atomic E-state index is 0.0363. The molecule has 2 aromatic heterocycles. The van der Waals surface area contributed by atoms with Gasteiger partial charge in [0.05, 0.1) is 21.6 Å². The maximum absolute atomic E-state index is 12.9. The normalized spacial score (nSPS) is 16.5. The van der Waals surface area contributed by atoms with E-state index >= 15 is 0 Å². The van der Waals surface area contributed by atoms with E-state index in [4.69, 9.17) is 16.6 Å². The maximum Gasteiger partial charge on any atom is 0.261 e.